The van der Waals surface area contributed by atoms with Crippen LogP contribution in [0, 0.1) is 11.3 Å². The summed E-state index contributed by atoms with van der Waals surface area (Å²) >= 11 is 1.89. The molecule has 0 radical (unpaired) electrons. The van der Waals surface area contributed by atoms with Crippen molar-refractivity contribution in [3.8, 4) is 6.07 Å². The van der Waals surface area contributed by atoms with Gasteiger partial charge in [-0.15, -0.1) is 0 Å². The van der Waals surface area contributed by atoms with E-state index in [1.54, 1.807) is 0 Å². The van der Waals surface area contributed by atoms with Crippen molar-refractivity contribution in [1.82, 2.24) is 5.32 Å². The second-order valence-corrected chi connectivity index (χ2v) is 5.10. The first-order valence-electron chi connectivity index (χ1n) is 5.49. The third-order valence-electron chi connectivity index (χ3n) is 2.52. The molecule has 0 aliphatic heterocycles. The zero-order chi connectivity index (χ0) is 11.8. The Bertz CT molecular complexity index is 357. The topological polar surface area (TPSA) is 35.8 Å². The summed E-state index contributed by atoms with van der Waals surface area (Å²) in [5.74, 6) is 0. The molecule has 1 aromatic carbocycles. The molecule has 3 heteroatoms. The van der Waals surface area contributed by atoms with E-state index in [2.05, 4.69) is 24.6 Å². The van der Waals surface area contributed by atoms with Gasteiger partial charge in [0.15, 0.2) is 0 Å². The van der Waals surface area contributed by atoms with Crippen molar-refractivity contribution in [2.24, 2.45) is 0 Å². The van der Waals surface area contributed by atoms with Gasteiger partial charge in [0.25, 0.3) is 0 Å². The maximum absolute atomic E-state index is 8.77. The second-order valence-electron chi connectivity index (χ2n) is 3.82. The van der Waals surface area contributed by atoms with Gasteiger partial charge in [-0.3, -0.25) is 0 Å². The maximum Gasteiger partial charge on any atom is 0.0991 e. The van der Waals surface area contributed by atoms with Crippen molar-refractivity contribution < 1.29 is 0 Å². The normalized spacial score (nSPS) is 12.1. The molecule has 1 unspecified atom stereocenters. The number of benzene rings is 1. The molecule has 16 heavy (non-hydrogen) atoms. The molecule has 0 amide bonds. The predicted octanol–water partition coefficient (Wildman–Crippen LogP) is 2.79. The first kappa shape index (κ1) is 13.1. The lowest BCUT2D eigenvalue weighted by Gasteiger charge is -2.09. The molecule has 0 aliphatic rings. The highest BCUT2D eigenvalue weighted by Crippen LogP contribution is 2.08. The van der Waals surface area contributed by atoms with Gasteiger partial charge in [0.1, 0.15) is 0 Å². The number of hydrogen-bond acceptors (Lipinski definition) is 3. The summed E-state index contributed by atoms with van der Waals surface area (Å²) in [6.07, 6.45) is 3.32. The monoisotopic (exact) mass is 234 g/mol. The minimum Gasteiger partial charge on any atom is -0.313 e. The van der Waals surface area contributed by atoms with Crippen LogP contribution in [0.2, 0.25) is 0 Å². The zero-order valence-corrected chi connectivity index (χ0v) is 10.7. The van der Waals surface area contributed by atoms with Crippen molar-refractivity contribution >= 4 is 11.8 Å². The number of thioether (sulfide) groups is 1. The Hall–Kier alpha value is -0.980. The molecular formula is C13H18N2S. The van der Waals surface area contributed by atoms with Crippen molar-refractivity contribution in [3.05, 3.63) is 35.4 Å². The number of nitrogens with zero attached hydrogens (tertiary/aromatic N) is 1. The molecule has 1 N–H and O–H groups in total. The molecule has 0 aliphatic carbocycles. The van der Waals surface area contributed by atoms with Crippen LogP contribution >= 0.6 is 11.8 Å². The Labute approximate surface area is 102 Å². The van der Waals surface area contributed by atoms with Crippen LogP contribution < -0.4 is 5.32 Å². The minimum atomic E-state index is 0.706. The van der Waals surface area contributed by atoms with E-state index in [1.807, 2.05) is 36.0 Å². The van der Waals surface area contributed by atoms with Crippen LogP contribution in [0.15, 0.2) is 24.3 Å². The van der Waals surface area contributed by atoms with Crippen molar-refractivity contribution in [2.45, 2.75) is 25.1 Å². The SMILES string of the molecule is CSC(C)CCNCc1cccc(C#N)c1. The van der Waals surface area contributed by atoms with Gasteiger partial charge in [0, 0.05) is 11.8 Å². The average Bonchev–Trinajstić information content (AvgIpc) is 2.34. The summed E-state index contributed by atoms with van der Waals surface area (Å²) in [4.78, 5) is 0. The van der Waals surface area contributed by atoms with Crippen LogP contribution in [0.25, 0.3) is 0 Å². The highest BCUT2D eigenvalue weighted by molar-refractivity contribution is 7.99. The largest absolute Gasteiger partial charge is 0.313 e. The zero-order valence-electron chi connectivity index (χ0n) is 9.86. The van der Waals surface area contributed by atoms with Crippen LogP contribution in [-0.4, -0.2) is 18.1 Å². The quantitative estimate of drug-likeness (QED) is 0.769. The van der Waals surface area contributed by atoms with E-state index >= 15 is 0 Å². The molecule has 0 heterocycles. The lowest BCUT2D eigenvalue weighted by atomic mass is 10.1. The third kappa shape index (κ3) is 4.69. The van der Waals surface area contributed by atoms with Crippen molar-refractivity contribution in [3.63, 3.8) is 0 Å². The van der Waals surface area contributed by atoms with Gasteiger partial charge in [-0.05, 0) is 36.9 Å². The highest BCUT2D eigenvalue weighted by atomic mass is 32.2. The Kier molecular flexibility index (Phi) is 5.99. The number of rotatable bonds is 6. The Morgan fingerprint density at radius 3 is 3.00 bits per heavy atom. The van der Waals surface area contributed by atoms with Gasteiger partial charge in [-0.25, -0.2) is 0 Å². The van der Waals surface area contributed by atoms with Gasteiger partial charge in [0.2, 0.25) is 0 Å². The van der Waals surface area contributed by atoms with Crippen molar-refractivity contribution in [2.75, 3.05) is 12.8 Å². The molecule has 0 saturated heterocycles. The minimum absolute atomic E-state index is 0.706. The number of nitriles is 1. The number of hydrogen-bond donors (Lipinski definition) is 1. The molecule has 0 aromatic heterocycles. The van der Waals surface area contributed by atoms with E-state index in [0.717, 1.165) is 18.7 Å². The molecule has 2 nitrogen and oxygen atoms in total. The smallest absolute Gasteiger partial charge is 0.0991 e. The summed E-state index contributed by atoms with van der Waals surface area (Å²) < 4.78 is 0. The summed E-state index contributed by atoms with van der Waals surface area (Å²) in [6.45, 7) is 4.11. The fourth-order valence-corrected chi connectivity index (χ4v) is 1.76. The predicted molar refractivity (Wildman–Crippen MR) is 70.5 cm³/mol. The molecule has 1 atom stereocenters. The Balaban J connectivity index is 2.29. The van der Waals surface area contributed by atoms with Gasteiger partial charge in [0.05, 0.1) is 11.6 Å². The van der Waals surface area contributed by atoms with Crippen LogP contribution in [0.4, 0.5) is 0 Å². The van der Waals surface area contributed by atoms with E-state index in [-0.39, 0.29) is 0 Å². The highest BCUT2D eigenvalue weighted by Gasteiger charge is 1.99. The van der Waals surface area contributed by atoms with Crippen molar-refractivity contribution in [1.29, 1.82) is 5.26 Å². The van der Waals surface area contributed by atoms with E-state index in [0.29, 0.717) is 5.25 Å². The van der Waals surface area contributed by atoms with E-state index in [1.165, 1.54) is 12.0 Å². The molecule has 1 aromatic rings. The third-order valence-corrected chi connectivity index (χ3v) is 3.56. The van der Waals surface area contributed by atoms with Crippen LogP contribution in [0.5, 0.6) is 0 Å². The van der Waals surface area contributed by atoms with Crippen LogP contribution in [0.3, 0.4) is 0 Å². The summed E-state index contributed by atoms with van der Waals surface area (Å²) in [5.41, 5.74) is 1.91. The number of nitrogens with one attached hydrogen (secondary N) is 1. The molecule has 86 valence electrons. The summed E-state index contributed by atoms with van der Waals surface area (Å²) in [6, 6.07) is 9.90. The lowest BCUT2D eigenvalue weighted by molar-refractivity contribution is 0.648. The van der Waals surface area contributed by atoms with E-state index < -0.39 is 0 Å². The van der Waals surface area contributed by atoms with Gasteiger partial charge in [-0.2, -0.15) is 17.0 Å². The Morgan fingerprint density at radius 1 is 1.50 bits per heavy atom. The van der Waals surface area contributed by atoms with Gasteiger partial charge in [-0.1, -0.05) is 19.1 Å². The maximum atomic E-state index is 8.77. The van der Waals surface area contributed by atoms with Crippen LogP contribution in [0.1, 0.15) is 24.5 Å². The fourth-order valence-electron chi connectivity index (χ4n) is 1.41. The lowest BCUT2D eigenvalue weighted by Crippen LogP contribution is -2.17. The van der Waals surface area contributed by atoms with E-state index in [9.17, 15) is 0 Å². The van der Waals surface area contributed by atoms with E-state index in [4.69, 9.17) is 5.26 Å². The Morgan fingerprint density at radius 2 is 2.31 bits per heavy atom. The standard InChI is InChI=1S/C13H18N2S/c1-11(16-2)6-7-15-10-13-5-3-4-12(8-13)9-14/h3-5,8,11,15H,6-7,10H2,1-2H3. The molecular weight excluding hydrogens is 216 g/mol. The summed E-state index contributed by atoms with van der Waals surface area (Å²) in [7, 11) is 0. The molecule has 1 rings (SSSR count). The molecule has 0 spiro atoms. The molecule has 0 bridgehead atoms. The first-order valence-corrected chi connectivity index (χ1v) is 6.77. The van der Waals surface area contributed by atoms with Gasteiger partial charge < -0.3 is 5.32 Å². The first-order chi connectivity index (χ1) is 7.76. The average molecular weight is 234 g/mol. The fraction of sp³-hybridized carbons (Fsp3) is 0.462. The molecule has 0 fully saturated rings. The van der Waals surface area contributed by atoms with Crippen LogP contribution in [-0.2, 0) is 6.54 Å². The second kappa shape index (κ2) is 7.32. The summed E-state index contributed by atoms with van der Waals surface area (Å²) in [5, 5.41) is 12.9. The molecule has 0 saturated carbocycles. The van der Waals surface area contributed by atoms with Gasteiger partial charge >= 0.3 is 0 Å².